The number of rotatable bonds is 7. The highest BCUT2D eigenvalue weighted by Gasteiger charge is 2.20. The van der Waals surface area contributed by atoms with Gasteiger partial charge >= 0.3 is 5.97 Å². The van der Waals surface area contributed by atoms with Gasteiger partial charge in [0.15, 0.2) is 5.78 Å². The van der Waals surface area contributed by atoms with E-state index in [-0.39, 0.29) is 23.8 Å². The Hall–Kier alpha value is -3.35. The van der Waals surface area contributed by atoms with Gasteiger partial charge in [-0.1, -0.05) is 6.92 Å². The summed E-state index contributed by atoms with van der Waals surface area (Å²) in [6.07, 6.45) is -0.00874. The molecule has 0 heterocycles. The molecular weight excluding hydrogens is 348 g/mol. The van der Waals surface area contributed by atoms with Gasteiger partial charge in [-0.15, -0.1) is 0 Å². The third-order valence-electron chi connectivity index (χ3n) is 4.08. The van der Waals surface area contributed by atoms with E-state index in [1.165, 1.54) is 13.2 Å². The van der Waals surface area contributed by atoms with E-state index in [2.05, 4.69) is 10.1 Å². The van der Waals surface area contributed by atoms with Crippen molar-refractivity contribution < 1.29 is 23.9 Å². The SMILES string of the molecule is COC(=O)CC(C)C(=O)c1ccc(NC(=O)c2ccc(OC)cc2)c(N)c1. The molecule has 1 atom stereocenters. The summed E-state index contributed by atoms with van der Waals surface area (Å²) < 4.78 is 9.64. The molecule has 0 spiro atoms. The molecule has 27 heavy (non-hydrogen) atoms. The number of methoxy groups -OCH3 is 2. The van der Waals surface area contributed by atoms with Gasteiger partial charge < -0.3 is 20.5 Å². The Kier molecular flexibility index (Phi) is 6.54. The second-order valence-electron chi connectivity index (χ2n) is 6.03. The van der Waals surface area contributed by atoms with E-state index in [4.69, 9.17) is 10.5 Å². The number of hydrogen-bond acceptors (Lipinski definition) is 6. The van der Waals surface area contributed by atoms with Gasteiger partial charge in [-0.25, -0.2) is 0 Å². The van der Waals surface area contributed by atoms with E-state index >= 15 is 0 Å². The Bertz CT molecular complexity index is 846. The molecule has 2 rings (SSSR count). The summed E-state index contributed by atoms with van der Waals surface area (Å²) in [6.45, 7) is 1.65. The van der Waals surface area contributed by atoms with Crippen molar-refractivity contribution >= 4 is 29.0 Å². The second kappa shape index (κ2) is 8.84. The van der Waals surface area contributed by atoms with Crippen molar-refractivity contribution in [1.29, 1.82) is 0 Å². The Morgan fingerprint density at radius 3 is 2.22 bits per heavy atom. The number of ketones is 1. The molecule has 7 nitrogen and oxygen atoms in total. The predicted molar refractivity (Wildman–Crippen MR) is 102 cm³/mol. The standard InChI is InChI=1S/C20H22N2O5/c1-12(10-18(23)27-3)19(24)14-6-9-17(16(21)11-14)22-20(25)13-4-7-15(26-2)8-5-13/h4-9,11-12H,10,21H2,1-3H3,(H,22,25). The van der Waals surface area contributed by atoms with Crippen LogP contribution in [0.2, 0.25) is 0 Å². The van der Waals surface area contributed by atoms with Crippen molar-refractivity contribution in [2.45, 2.75) is 13.3 Å². The largest absolute Gasteiger partial charge is 0.497 e. The molecule has 0 aliphatic carbocycles. The fourth-order valence-electron chi connectivity index (χ4n) is 2.48. The zero-order chi connectivity index (χ0) is 20.0. The number of benzene rings is 2. The molecule has 0 bridgehead atoms. The molecule has 0 saturated heterocycles. The van der Waals surface area contributed by atoms with Crippen LogP contribution >= 0.6 is 0 Å². The summed E-state index contributed by atoms with van der Waals surface area (Å²) in [5.74, 6) is -0.888. The molecule has 2 aromatic rings. The van der Waals surface area contributed by atoms with E-state index < -0.39 is 11.9 Å². The molecule has 0 radical (unpaired) electrons. The van der Waals surface area contributed by atoms with Crippen molar-refractivity contribution in [3.63, 3.8) is 0 Å². The normalized spacial score (nSPS) is 11.4. The molecule has 2 aromatic carbocycles. The lowest BCUT2D eigenvalue weighted by atomic mass is 9.96. The van der Waals surface area contributed by atoms with Gasteiger partial charge in [0.1, 0.15) is 5.75 Å². The zero-order valence-corrected chi connectivity index (χ0v) is 15.4. The number of carbonyl (C=O) groups is 3. The number of Topliss-reactive ketones (excluding diaryl/α,β-unsaturated/α-hetero) is 1. The summed E-state index contributed by atoms with van der Waals surface area (Å²) in [5, 5.41) is 2.71. The van der Waals surface area contributed by atoms with Crippen LogP contribution in [-0.2, 0) is 9.53 Å². The highest BCUT2D eigenvalue weighted by atomic mass is 16.5. The Morgan fingerprint density at radius 2 is 1.67 bits per heavy atom. The smallest absolute Gasteiger partial charge is 0.306 e. The first-order valence-electron chi connectivity index (χ1n) is 8.31. The second-order valence-corrected chi connectivity index (χ2v) is 6.03. The summed E-state index contributed by atoms with van der Waals surface area (Å²) in [5.41, 5.74) is 7.45. The van der Waals surface area contributed by atoms with E-state index in [1.54, 1.807) is 50.4 Å². The van der Waals surface area contributed by atoms with Crippen LogP contribution in [-0.4, -0.2) is 31.9 Å². The maximum absolute atomic E-state index is 12.4. The fraction of sp³-hybridized carbons (Fsp3) is 0.250. The summed E-state index contributed by atoms with van der Waals surface area (Å²) >= 11 is 0. The zero-order valence-electron chi connectivity index (χ0n) is 15.4. The first-order chi connectivity index (χ1) is 12.8. The molecule has 3 N–H and O–H groups in total. The first-order valence-corrected chi connectivity index (χ1v) is 8.31. The third kappa shape index (κ3) is 5.07. The number of hydrogen-bond donors (Lipinski definition) is 2. The van der Waals surface area contributed by atoms with Crippen LogP contribution < -0.4 is 15.8 Å². The molecule has 1 unspecified atom stereocenters. The van der Waals surface area contributed by atoms with Crippen LogP contribution in [0.25, 0.3) is 0 Å². The van der Waals surface area contributed by atoms with Crippen molar-refractivity contribution in [2.75, 3.05) is 25.3 Å². The van der Waals surface area contributed by atoms with Gasteiger partial charge in [-0.3, -0.25) is 14.4 Å². The molecule has 0 fully saturated rings. The molecule has 142 valence electrons. The summed E-state index contributed by atoms with van der Waals surface area (Å²) in [7, 11) is 2.82. The third-order valence-corrected chi connectivity index (χ3v) is 4.08. The molecule has 0 saturated carbocycles. The molecule has 0 aliphatic rings. The quantitative estimate of drug-likeness (QED) is 0.441. The minimum atomic E-state index is -0.531. The first kappa shape index (κ1) is 20.0. The van der Waals surface area contributed by atoms with Crippen molar-refractivity contribution in [2.24, 2.45) is 5.92 Å². The predicted octanol–water partition coefficient (Wildman–Crippen LogP) is 2.91. The molecule has 0 aliphatic heterocycles. The lowest BCUT2D eigenvalue weighted by Gasteiger charge is -2.12. The van der Waals surface area contributed by atoms with E-state index in [9.17, 15) is 14.4 Å². The van der Waals surface area contributed by atoms with Gasteiger partial charge in [-0.2, -0.15) is 0 Å². The number of nitrogen functional groups attached to an aromatic ring is 1. The Labute approximate surface area is 157 Å². The van der Waals surface area contributed by atoms with E-state index in [1.807, 2.05) is 0 Å². The van der Waals surface area contributed by atoms with Crippen LogP contribution in [0, 0.1) is 5.92 Å². The number of carbonyl (C=O) groups excluding carboxylic acids is 3. The minimum Gasteiger partial charge on any atom is -0.497 e. The summed E-state index contributed by atoms with van der Waals surface area (Å²) in [4.78, 5) is 36.0. The number of nitrogens with one attached hydrogen (secondary N) is 1. The fourth-order valence-corrected chi connectivity index (χ4v) is 2.48. The number of anilines is 2. The number of ether oxygens (including phenoxy) is 2. The summed E-state index contributed by atoms with van der Waals surface area (Å²) in [6, 6.07) is 11.3. The van der Waals surface area contributed by atoms with Crippen LogP contribution in [0.15, 0.2) is 42.5 Å². The van der Waals surface area contributed by atoms with Gasteiger partial charge in [-0.05, 0) is 42.5 Å². The monoisotopic (exact) mass is 370 g/mol. The molecule has 7 heteroatoms. The van der Waals surface area contributed by atoms with E-state index in [0.717, 1.165) is 0 Å². The molecule has 0 aromatic heterocycles. The van der Waals surface area contributed by atoms with Crippen LogP contribution in [0.3, 0.4) is 0 Å². The maximum Gasteiger partial charge on any atom is 0.306 e. The van der Waals surface area contributed by atoms with Crippen LogP contribution in [0.4, 0.5) is 11.4 Å². The van der Waals surface area contributed by atoms with Crippen LogP contribution in [0.5, 0.6) is 5.75 Å². The molecule has 1 amide bonds. The van der Waals surface area contributed by atoms with Gasteiger partial charge in [0.25, 0.3) is 5.91 Å². The van der Waals surface area contributed by atoms with Gasteiger partial charge in [0.2, 0.25) is 0 Å². The van der Waals surface area contributed by atoms with Crippen molar-refractivity contribution in [3.05, 3.63) is 53.6 Å². The maximum atomic E-state index is 12.4. The van der Waals surface area contributed by atoms with Gasteiger partial charge in [0.05, 0.1) is 32.0 Å². The van der Waals surface area contributed by atoms with Crippen molar-refractivity contribution in [3.8, 4) is 5.75 Å². The topological polar surface area (TPSA) is 108 Å². The minimum absolute atomic E-state index is 0.00874. The average Bonchev–Trinajstić information content (AvgIpc) is 2.68. The number of amides is 1. The van der Waals surface area contributed by atoms with Crippen LogP contribution in [0.1, 0.15) is 34.1 Å². The van der Waals surface area contributed by atoms with E-state index in [0.29, 0.717) is 22.6 Å². The Morgan fingerprint density at radius 1 is 1.04 bits per heavy atom. The van der Waals surface area contributed by atoms with Gasteiger partial charge in [0, 0.05) is 17.0 Å². The lowest BCUT2D eigenvalue weighted by molar-refractivity contribution is -0.141. The number of nitrogens with two attached hydrogens (primary N) is 1. The van der Waals surface area contributed by atoms with Crippen molar-refractivity contribution in [1.82, 2.24) is 0 Å². The highest BCUT2D eigenvalue weighted by molar-refractivity contribution is 6.07. The molecular formula is C20H22N2O5. The lowest BCUT2D eigenvalue weighted by Crippen LogP contribution is -2.17. The highest BCUT2D eigenvalue weighted by Crippen LogP contribution is 2.23. The Balaban J connectivity index is 2.10. The average molecular weight is 370 g/mol. The number of esters is 1.